The van der Waals surface area contributed by atoms with Crippen molar-refractivity contribution in [3.05, 3.63) is 70.7 Å². The standard InChI is InChI=1S/C27H23Cl2N5O2/c28-17-8-9-20(29)19(13-17)18-3-1-2-16-12-21(32-22(16)18)23-24-25(30)31-10-11-34(24)26(33-23)14-4-6-15(7-5-14)27(35)36/h1-3,8-15,32H,4-7H2,(H2,30,31)(H,35,36)/t14-,15-. The first-order chi connectivity index (χ1) is 17.4. The van der Waals surface area contributed by atoms with Crippen LogP contribution < -0.4 is 5.73 Å². The average molecular weight is 520 g/mol. The van der Waals surface area contributed by atoms with E-state index in [2.05, 4.69) is 16.0 Å². The first kappa shape index (κ1) is 22.9. The zero-order chi connectivity index (χ0) is 25.0. The quantitative estimate of drug-likeness (QED) is 0.242. The number of nitrogens with two attached hydrogens (primary N) is 1. The fourth-order valence-corrected chi connectivity index (χ4v) is 5.76. The number of aliphatic carboxylic acids is 1. The van der Waals surface area contributed by atoms with E-state index in [0.29, 0.717) is 28.7 Å². The third-order valence-electron chi connectivity index (χ3n) is 7.18. The number of fused-ring (bicyclic) bond motifs is 2. The maximum Gasteiger partial charge on any atom is 0.306 e. The minimum absolute atomic E-state index is 0.147. The number of nitrogen functional groups attached to an aromatic ring is 1. The summed E-state index contributed by atoms with van der Waals surface area (Å²) in [5.74, 6) is 0.416. The van der Waals surface area contributed by atoms with Crippen molar-refractivity contribution >= 4 is 51.4 Å². The van der Waals surface area contributed by atoms with Crippen molar-refractivity contribution in [1.29, 1.82) is 0 Å². The van der Waals surface area contributed by atoms with E-state index in [9.17, 15) is 9.90 Å². The lowest BCUT2D eigenvalue weighted by molar-refractivity contribution is -0.142. The van der Waals surface area contributed by atoms with Crippen LogP contribution in [0.2, 0.25) is 10.0 Å². The number of benzene rings is 2. The van der Waals surface area contributed by atoms with Gasteiger partial charge in [0, 0.05) is 44.9 Å². The first-order valence-corrected chi connectivity index (χ1v) is 12.6. The Labute approximate surface area is 216 Å². The van der Waals surface area contributed by atoms with Crippen molar-refractivity contribution < 1.29 is 9.90 Å². The Balaban J connectivity index is 1.49. The Morgan fingerprint density at radius 2 is 1.89 bits per heavy atom. The molecule has 182 valence electrons. The van der Waals surface area contributed by atoms with E-state index in [4.69, 9.17) is 33.9 Å². The summed E-state index contributed by atoms with van der Waals surface area (Å²) in [6.07, 6.45) is 6.36. The van der Waals surface area contributed by atoms with Crippen LogP contribution in [0.1, 0.15) is 37.4 Å². The Morgan fingerprint density at radius 1 is 1.08 bits per heavy atom. The normalized spacial score (nSPS) is 18.2. The molecule has 1 aliphatic carbocycles. The number of para-hydroxylation sites is 1. The second-order valence-electron chi connectivity index (χ2n) is 9.31. The van der Waals surface area contributed by atoms with Crippen LogP contribution in [0.15, 0.2) is 54.9 Å². The summed E-state index contributed by atoms with van der Waals surface area (Å²) in [6.45, 7) is 0. The molecular weight excluding hydrogens is 497 g/mol. The molecule has 7 nitrogen and oxygen atoms in total. The molecule has 36 heavy (non-hydrogen) atoms. The highest BCUT2D eigenvalue weighted by Gasteiger charge is 2.30. The van der Waals surface area contributed by atoms with E-state index >= 15 is 0 Å². The topological polar surface area (TPSA) is 109 Å². The summed E-state index contributed by atoms with van der Waals surface area (Å²) in [4.78, 5) is 24.4. The first-order valence-electron chi connectivity index (χ1n) is 11.8. The SMILES string of the molecule is Nc1nccn2c1c(-c1cc3cccc(-c4cc(Cl)ccc4Cl)c3[nH]1)nc2[C@H]1CC[C@H](C(=O)O)CC1. The molecule has 2 aromatic carbocycles. The minimum Gasteiger partial charge on any atom is -0.481 e. The van der Waals surface area contributed by atoms with Gasteiger partial charge in [-0.15, -0.1) is 0 Å². The van der Waals surface area contributed by atoms with Crippen molar-refractivity contribution in [2.24, 2.45) is 5.92 Å². The maximum atomic E-state index is 11.4. The lowest BCUT2D eigenvalue weighted by Crippen LogP contribution is -2.21. The van der Waals surface area contributed by atoms with E-state index in [-0.39, 0.29) is 11.8 Å². The monoisotopic (exact) mass is 519 g/mol. The molecule has 3 heterocycles. The van der Waals surface area contributed by atoms with Gasteiger partial charge in [0.05, 0.1) is 17.1 Å². The number of halogens is 2. The number of aromatic nitrogens is 4. The van der Waals surface area contributed by atoms with Gasteiger partial charge in [0.15, 0.2) is 0 Å². The second-order valence-corrected chi connectivity index (χ2v) is 10.2. The van der Waals surface area contributed by atoms with Crippen LogP contribution in [0.25, 0.3) is 38.9 Å². The van der Waals surface area contributed by atoms with Gasteiger partial charge < -0.3 is 15.8 Å². The summed E-state index contributed by atoms with van der Waals surface area (Å²) in [6, 6.07) is 13.5. The van der Waals surface area contributed by atoms with Crippen LogP contribution in [0.4, 0.5) is 5.82 Å². The molecule has 0 atom stereocenters. The molecule has 9 heteroatoms. The van der Waals surface area contributed by atoms with Gasteiger partial charge in [-0.05, 0) is 49.9 Å². The average Bonchev–Trinajstić information content (AvgIpc) is 3.48. The summed E-state index contributed by atoms with van der Waals surface area (Å²) in [5, 5.41) is 11.6. The number of hydrogen-bond acceptors (Lipinski definition) is 4. The molecule has 0 saturated heterocycles. The van der Waals surface area contributed by atoms with Crippen LogP contribution in [-0.2, 0) is 4.79 Å². The summed E-state index contributed by atoms with van der Waals surface area (Å²) in [5.41, 5.74) is 11.3. The number of carboxylic acids is 1. The third-order valence-corrected chi connectivity index (χ3v) is 7.75. The van der Waals surface area contributed by atoms with Crippen LogP contribution in [0, 0.1) is 5.92 Å². The summed E-state index contributed by atoms with van der Waals surface area (Å²) < 4.78 is 2.00. The summed E-state index contributed by atoms with van der Waals surface area (Å²) in [7, 11) is 0. The van der Waals surface area contributed by atoms with E-state index in [1.807, 2.05) is 34.9 Å². The zero-order valence-electron chi connectivity index (χ0n) is 19.2. The molecule has 1 fully saturated rings. The number of nitrogens with one attached hydrogen (secondary N) is 1. The van der Waals surface area contributed by atoms with Gasteiger partial charge in [-0.1, -0.05) is 41.4 Å². The van der Waals surface area contributed by atoms with E-state index in [1.165, 1.54) is 0 Å². The Bertz CT molecular complexity index is 1630. The van der Waals surface area contributed by atoms with Crippen LogP contribution in [0.3, 0.4) is 0 Å². The predicted molar refractivity (Wildman–Crippen MR) is 142 cm³/mol. The molecule has 1 aliphatic rings. The molecule has 0 radical (unpaired) electrons. The fraction of sp³-hybridized carbons (Fsp3) is 0.222. The lowest BCUT2D eigenvalue weighted by atomic mass is 9.81. The molecular formula is C27H23Cl2N5O2. The number of imidazole rings is 1. The molecule has 5 aromatic rings. The smallest absolute Gasteiger partial charge is 0.306 e. The fourth-order valence-electron chi connectivity index (χ4n) is 5.37. The van der Waals surface area contributed by atoms with Gasteiger partial charge in [-0.2, -0.15) is 0 Å². The maximum absolute atomic E-state index is 11.4. The van der Waals surface area contributed by atoms with Gasteiger partial charge in [0.2, 0.25) is 0 Å². The molecule has 0 aliphatic heterocycles. The van der Waals surface area contributed by atoms with Gasteiger partial charge in [0.25, 0.3) is 0 Å². The summed E-state index contributed by atoms with van der Waals surface area (Å²) >= 11 is 12.8. The van der Waals surface area contributed by atoms with Gasteiger partial charge in [0.1, 0.15) is 22.9 Å². The van der Waals surface area contributed by atoms with Crippen molar-refractivity contribution in [3.8, 4) is 22.5 Å². The molecule has 0 bridgehead atoms. The lowest BCUT2D eigenvalue weighted by Gasteiger charge is -2.25. The van der Waals surface area contributed by atoms with E-state index < -0.39 is 5.97 Å². The second kappa shape index (κ2) is 8.84. The highest BCUT2D eigenvalue weighted by atomic mass is 35.5. The molecule has 6 rings (SSSR count). The van der Waals surface area contributed by atoms with Crippen LogP contribution >= 0.6 is 23.2 Å². The van der Waals surface area contributed by atoms with E-state index in [1.54, 1.807) is 18.3 Å². The van der Waals surface area contributed by atoms with Crippen molar-refractivity contribution in [2.75, 3.05) is 5.73 Å². The highest BCUT2D eigenvalue weighted by Crippen LogP contribution is 2.40. The Kier molecular flexibility index (Phi) is 5.62. The number of carbonyl (C=O) groups is 1. The molecule has 0 spiro atoms. The molecule has 0 amide bonds. The Hall–Kier alpha value is -3.55. The van der Waals surface area contributed by atoms with Crippen molar-refractivity contribution in [1.82, 2.24) is 19.4 Å². The number of carboxylic acid groups (broad SMARTS) is 1. The van der Waals surface area contributed by atoms with Crippen molar-refractivity contribution in [3.63, 3.8) is 0 Å². The third kappa shape index (κ3) is 3.79. The number of rotatable bonds is 4. The largest absolute Gasteiger partial charge is 0.481 e. The van der Waals surface area contributed by atoms with Gasteiger partial charge >= 0.3 is 5.97 Å². The number of H-pyrrole nitrogens is 1. The minimum atomic E-state index is -0.718. The highest BCUT2D eigenvalue weighted by molar-refractivity contribution is 6.35. The van der Waals surface area contributed by atoms with Gasteiger partial charge in [-0.25, -0.2) is 9.97 Å². The van der Waals surface area contributed by atoms with Crippen molar-refractivity contribution in [2.45, 2.75) is 31.6 Å². The molecule has 3 aromatic heterocycles. The number of hydrogen-bond donors (Lipinski definition) is 3. The van der Waals surface area contributed by atoms with E-state index in [0.717, 1.165) is 57.6 Å². The van der Waals surface area contributed by atoms with Crippen LogP contribution in [0.5, 0.6) is 0 Å². The molecule has 1 saturated carbocycles. The predicted octanol–water partition coefficient (Wildman–Crippen LogP) is 6.79. The zero-order valence-corrected chi connectivity index (χ0v) is 20.7. The number of anilines is 1. The number of nitrogens with zero attached hydrogens (tertiary/aromatic N) is 3. The molecule has 4 N–H and O–H groups in total. The van der Waals surface area contributed by atoms with Gasteiger partial charge in [-0.3, -0.25) is 9.20 Å². The van der Waals surface area contributed by atoms with Crippen LogP contribution in [-0.4, -0.2) is 30.4 Å². The molecule has 0 unspecified atom stereocenters. The Morgan fingerprint density at radius 3 is 2.67 bits per heavy atom. The number of aromatic amines is 1.